The fourth-order valence-corrected chi connectivity index (χ4v) is 3.37. The van der Waals surface area contributed by atoms with E-state index in [0.717, 1.165) is 0 Å². The quantitative estimate of drug-likeness (QED) is 0.247. The molecule has 0 saturated carbocycles. The molecule has 0 spiro atoms. The number of nitro benzene ring substituents is 1. The van der Waals surface area contributed by atoms with E-state index < -0.39 is 22.7 Å². The Hall–Kier alpha value is -4.01. The first-order valence-corrected chi connectivity index (χ1v) is 9.14. The third kappa shape index (κ3) is 4.04. The number of nitrogens with one attached hydrogen (secondary N) is 1. The largest absolute Gasteiger partial charge is 0.507 e. The monoisotopic (exact) mass is 409 g/mol. The van der Waals surface area contributed by atoms with E-state index in [2.05, 4.69) is 5.32 Å². The molecule has 0 radical (unpaired) electrons. The lowest BCUT2D eigenvalue weighted by Crippen LogP contribution is -2.37. The summed E-state index contributed by atoms with van der Waals surface area (Å²) < 4.78 is 0. The molecule has 3 rings (SSSR count). The van der Waals surface area contributed by atoms with Gasteiger partial charge in [0.2, 0.25) is 5.91 Å². The van der Waals surface area contributed by atoms with Crippen molar-refractivity contribution in [3.63, 3.8) is 0 Å². The molecule has 0 bridgehead atoms. The summed E-state index contributed by atoms with van der Waals surface area (Å²) >= 11 is 0. The Morgan fingerprint density at radius 1 is 1.17 bits per heavy atom. The van der Waals surface area contributed by atoms with E-state index in [1.807, 2.05) is 0 Å². The van der Waals surface area contributed by atoms with Gasteiger partial charge in [-0.3, -0.25) is 24.5 Å². The molecule has 1 fully saturated rings. The van der Waals surface area contributed by atoms with Gasteiger partial charge in [0, 0.05) is 37.7 Å². The minimum Gasteiger partial charge on any atom is -0.507 e. The number of nitro groups is 1. The van der Waals surface area contributed by atoms with Gasteiger partial charge < -0.3 is 15.3 Å². The standard InChI is InChI=1S/C21H19N3O6/c1-13(25)22-10-11-23-18(15-8-5-9-16(12-15)24(29)30)17(20(27)21(23)28)19(26)14-6-3-2-4-7-14/h2-9,12,18,26H,10-11H2,1H3,(H,22,25)/b19-17+. The van der Waals surface area contributed by atoms with E-state index in [0.29, 0.717) is 11.1 Å². The van der Waals surface area contributed by atoms with E-state index in [1.165, 1.54) is 30.0 Å². The molecule has 154 valence electrons. The molecule has 0 aromatic heterocycles. The summed E-state index contributed by atoms with van der Waals surface area (Å²) in [6, 6.07) is 12.8. The molecule has 0 aliphatic carbocycles. The molecule has 1 atom stereocenters. The molecule has 1 unspecified atom stereocenters. The molecule has 1 saturated heterocycles. The van der Waals surface area contributed by atoms with E-state index in [-0.39, 0.29) is 36.0 Å². The molecule has 1 heterocycles. The Morgan fingerprint density at radius 2 is 1.87 bits per heavy atom. The number of hydrogen-bond donors (Lipinski definition) is 2. The van der Waals surface area contributed by atoms with Crippen LogP contribution in [0.15, 0.2) is 60.2 Å². The Kier molecular flexibility index (Phi) is 5.91. The molecule has 9 heteroatoms. The molecule has 2 amide bonds. The predicted octanol–water partition coefficient (Wildman–Crippen LogP) is 2.15. The molecular weight excluding hydrogens is 390 g/mol. The maximum atomic E-state index is 12.8. The number of non-ortho nitro benzene ring substituents is 1. The zero-order valence-electron chi connectivity index (χ0n) is 16.1. The van der Waals surface area contributed by atoms with Crippen LogP contribution in [0.1, 0.15) is 24.1 Å². The molecule has 1 aliphatic heterocycles. The summed E-state index contributed by atoms with van der Waals surface area (Å²) in [7, 11) is 0. The lowest BCUT2D eigenvalue weighted by Gasteiger charge is -2.25. The first kappa shape index (κ1) is 20.7. The van der Waals surface area contributed by atoms with Crippen molar-refractivity contribution in [2.75, 3.05) is 13.1 Å². The number of aliphatic hydroxyl groups excluding tert-OH is 1. The maximum absolute atomic E-state index is 12.8. The number of carbonyl (C=O) groups is 3. The second kappa shape index (κ2) is 8.56. The van der Waals surface area contributed by atoms with Gasteiger partial charge in [-0.25, -0.2) is 0 Å². The van der Waals surface area contributed by atoms with Gasteiger partial charge in [-0.1, -0.05) is 42.5 Å². The normalized spacial score (nSPS) is 17.8. The van der Waals surface area contributed by atoms with Gasteiger partial charge >= 0.3 is 0 Å². The SMILES string of the molecule is CC(=O)NCCN1C(=O)C(=O)/C(=C(/O)c2ccccc2)C1c1cccc([N+](=O)[O-])c1. The van der Waals surface area contributed by atoms with Crippen LogP contribution in [0.4, 0.5) is 5.69 Å². The Bertz CT molecular complexity index is 1050. The van der Waals surface area contributed by atoms with Crippen LogP contribution < -0.4 is 5.32 Å². The van der Waals surface area contributed by atoms with Crippen LogP contribution in [0.5, 0.6) is 0 Å². The van der Waals surface area contributed by atoms with Gasteiger partial charge in [-0.05, 0) is 5.56 Å². The summed E-state index contributed by atoms with van der Waals surface area (Å²) in [5.41, 5.74) is 0.283. The molecule has 2 aromatic carbocycles. The van der Waals surface area contributed by atoms with E-state index in [9.17, 15) is 29.6 Å². The number of rotatable bonds is 6. The van der Waals surface area contributed by atoms with Crippen molar-refractivity contribution in [2.45, 2.75) is 13.0 Å². The number of hydrogen-bond acceptors (Lipinski definition) is 6. The molecule has 2 aromatic rings. The van der Waals surface area contributed by atoms with Crippen molar-refractivity contribution in [3.8, 4) is 0 Å². The van der Waals surface area contributed by atoms with Gasteiger partial charge in [0.05, 0.1) is 16.5 Å². The lowest BCUT2D eigenvalue weighted by atomic mass is 9.95. The number of nitrogens with zero attached hydrogens (tertiary/aromatic N) is 2. The highest BCUT2D eigenvalue weighted by atomic mass is 16.6. The maximum Gasteiger partial charge on any atom is 0.295 e. The average molecular weight is 409 g/mol. The Labute approximate surface area is 171 Å². The van der Waals surface area contributed by atoms with E-state index in [1.54, 1.807) is 36.4 Å². The number of amides is 2. The highest BCUT2D eigenvalue weighted by molar-refractivity contribution is 6.46. The van der Waals surface area contributed by atoms with Crippen molar-refractivity contribution in [1.29, 1.82) is 0 Å². The average Bonchev–Trinajstić information content (AvgIpc) is 2.98. The highest BCUT2D eigenvalue weighted by Gasteiger charge is 2.46. The van der Waals surface area contributed by atoms with Crippen LogP contribution in [0.3, 0.4) is 0 Å². The second-order valence-electron chi connectivity index (χ2n) is 6.69. The van der Waals surface area contributed by atoms with Gasteiger partial charge in [0.25, 0.3) is 17.4 Å². The van der Waals surface area contributed by atoms with Crippen LogP contribution in [0.25, 0.3) is 5.76 Å². The summed E-state index contributed by atoms with van der Waals surface area (Å²) in [6.07, 6.45) is 0. The number of aliphatic hydroxyl groups is 1. The van der Waals surface area contributed by atoms with Crippen LogP contribution in [0, 0.1) is 10.1 Å². The minimum atomic E-state index is -1.03. The van der Waals surface area contributed by atoms with Crippen LogP contribution >= 0.6 is 0 Å². The second-order valence-corrected chi connectivity index (χ2v) is 6.69. The first-order chi connectivity index (χ1) is 14.3. The molecular formula is C21H19N3O6. The predicted molar refractivity (Wildman–Crippen MR) is 107 cm³/mol. The lowest BCUT2D eigenvalue weighted by molar-refractivity contribution is -0.384. The summed E-state index contributed by atoms with van der Waals surface area (Å²) in [5.74, 6) is -2.42. The fourth-order valence-electron chi connectivity index (χ4n) is 3.37. The fraction of sp³-hybridized carbons (Fsp3) is 0.190. The molecule has 30 heavy (non-hydrogen) atoms. The minimum absolute atomic E-state index is 0.0108. The van der Waals surface area contributed by atoms with Crippen molar-refractivity contribution >= 4 is 29.0 Å². The van der Waals surface area contributed by atoms with E-state index >= 15 is 0 Å². The first-order valence-electron chi connectivity index (χ1n) is 9.14. The third-order valence-corrected chi connectivity index (χ3v) is 4.71. The van der Waals surface area contributed by atoms with E-state index in [4.69, 9.17) is 0 Å². The molecule has 9 nitrogen and oxygen atoms in total. The molecule has 1 aliphatic rings. The number of Topliss-reactive ketones (excluding diaryl/α,β-unsaturated/α-hetero) is 1. The van der Waals surface area contributed by atoms with Crippen molar-refractivity contribution in [2.24, 2.45) is 0 Å². The summed E-state index contributed by atoms with van der Waals surface area (Å²) in [4.78, 5) is 48.5. The third-order valence-electron chi connectivity index (χ3n) is 4.71. The van der Waals surface area contributed by atoms with Crippen molar-refractivity contribution in [1.82, 2.24) is 10.2 Å². The highest BCUT2D eigenvalue weighted by Crippen LogP contribution is 2.39. The van der Waals surface area contributed by atoms with Crippen LogP contribution in [-0.4, -0.2) is 45.6 Å². The number of likely N-dealkylation sites (tertiary alicyclic amines) is 1. The summed E-state index contributed by atoms with van der Waals surface area (Å²) in [6.45, 7) is 1.39. The van der Waals surface area contributed by atoms with Gasteiger partial charge in [-0.15, -0.1) is 0 Å². The summed E-state index contributed by atoms with van der Waals surface area (Å²) in [5, 5.41) is 24.6. The smallest absolute Gasteiger partial charge is 0.295 e. The zero-order valence-corrected chi connectivity index (χ0v) is 16.1. The Balaban J connectivity index is 2.13. The topological polar surface area (TPSA) is 130 Å². The number of ketones is 1. The zero-order chi connectivity index (χ0) is 21.8. The van der Waals surface area contributed by atoms with Gasteiger partial charge in [0.1, 0.15) is 5.76 Å². The van der Waals surface area contributed by atoms with Gasteiger partial charge in [-0.2, -0.15) is 0 Å². The van der Waals surface area contributed by atoms with Crippen LogP contribution in [-0.2, 0) is 14.4 Å². The number of carbonyl (C=O) groups excluding carboxylic acids is 3. The number of benzene rings is 2. The molecule has 2 N–H and O–H groups in total. The van der Waals surface area contributed by atoms with Gasteiger partial charge in [0.15, 0.2) is 0 Å². The van der Waals surface area contributed by atoms with Crippen LogP contribution in [0.2, 0.25) is 0 Å². The Morgan fingerprint density at radius 3 is 2.50 bits per heavy atom. The van der Waals surface area contributed by atoms with Crippen molar-refractivity contribution < 1.29 is 24.4 Å². The van der Waals surface area contributed by atoms with Crippen molar-refractivity contribution in [3.05, 3.63) is 81.4 Å².